The van der Waals surface area contributed by atoms with Gasteiger partial charge in [0.1, 0.15) is 12.4 Å². The van der Waals surface area contributed by atoms with Gasteiger partial charge in [0.2, 0.25) is 5.91 Å². The predicted octanol–water partition coefficient (Wildman–Crippen LogP) is 4.48. The van der Waals surface area contributed by atoms with Crippen molar-refractivity contribution >= 4 is 23.7 Å². The van der Waals surface area contributed by atoms with E-state index in [9.17, 15) is 4.79 Å². The third-order valence-corrected chi connectivity index (χ3v) is 4.35. The van der Waals surface area contributed by atoms with Crippen LogP contribution in [0.25, 0.3) is 0 Å². The molecular formula is C23H18ClN3O2. The molecule has 0 fully saturated rings. The van der Waals surface area contributed by atoms with E-state index in [-0.39, 0.29) is 12.3 Å². The smallest absolute Gasteiger partial charge is 0.244 e. The van der Waals surface area contributed by atoms with Crippen molar-refractivity contribution in [3.8, 4) is 11.8 Å². The van der Waals surface area contributed by atoms with Crippen LogP contribution in [0.3, 0.4) is 0 Å². The minimum atomic E-state index is -0.209. The summed E-state index contributed by atoms with van der Waals surface area (Å²) in [5.41, 5.74) is 5.63. The van der Waals surface area contributed by atoms with Gasteiger partial charge in [-0.3, -0.25) is 4.79 Å². The van der Waals surface area contributed by atoms with Gasteiger partial charge in [0.15, 0.2) is 0 Å². The van der Waals surface area contributed by atoms with Crippen molar-refractivity contribution in [2.75, 3.05) is 0 Å². The second kappa shape index (κ2) is 10.1. The van der Waals surface area contributed by atoms with E-state index in [1.807, 2.05) is 42.5 Å². The second-order valence-electron chi connectivity index (χ2n) is 6.22. The van der Waals surface area contributed by atoms with Crippen molar-refractivity contribution in [3.63, 3.8) is 0 Å². The third kappa shape index (κ3) is 6.20. The lowest BCUT2D eigenvalue weighted by Gasteiger charge is -2.07. The number of halogens is 1. The van der Waals surface area contributed by atoms with Crippen molar-refractivity contribution < 1.29 is 9.53 Å². The third-order valence-electron chi connectivity index (χ3n) is 4.09. The van der Waals surface area contributed by atoms with Crippen molar-refractivity contribution in [1.82, 2.24) is 5.43 Å². The molecule has 5 nitrogen and oxygen atoms in total. The summed E-state index contributed by atoms with van der Waals surface area (Å²) in [6.07, 6.45) is 1.79. The quantitative estimate of drug-likeness (QED) is 0.466. The highest BCUT2D eigenvalue weighted by Crippen LogP contribution is 2.15. The molecule has 6 heteroatoms. The molecule has 0 aliphatic carbocycles. The molecule has 3 aromatic carbocycles. The van der Waals surface area contributed by atoms with Gasteiger partial charge in [0.05, 0.1) is 24.3 Å². The van der Waals surface area contributed by atoms with Gasteiger partial charge in [0, 0.05) is 10.6 Å². The van der Waals surface area contributed by atoms with Gasteiger partial charge in [-0.15, -0.1) is 0 Å². The number of hydrogen-bond acceptors (Lipinski definition) is 4. The topological polar surface area (TPSA) is 74.5 Å². The number of nitrogens with one attached hydrogen (secondary N) is 1. The molecule has 0 spiro atoms. The van der Waals surface area contributed by atoms with E-state index in [0.29, 0.717) is 22.9 Å². The molecule has 0 heterocycles. The first-order valence-corrected chi connectivity index (χ1v) is 9.29. The van der Waals surface area contributed by atoms with Crippen LogP contribution in [0.15, 0.2) is 77.9 Å². The molecule has 0 atom stereocenters. The molecule has 3 rings (SSSR count). The summed E-state index contributed by atoms with van der Waals surface area (Å²) in [4.78, 5) is 11.9. The first-order valence-electron chi connectivity index (χ1n) is 8.91. The number of benzene rings is 3. The zero-order chi connectivity index (χ0) is 20.5. The molecule has 3 aromatic rings. The lowest BCUT2D eigenvalue weighted by atomic mass is 10.1. The van der Waals surface area contributed by atoms with Crippen LogP contribution in [0.1, 0.15) is 22.3 Å². The molecule has 0 saturated heterocycles. The Balaban J connectivity index is 1.49. The maximum absolute atomic E-state index is 11.9. The highest BCUT2D eigenvalue weighted by molar-refractivity contribution is 6.30. The molecule has 0 unspecified atom stereocenters. The zero-order valence-electron chi connectivity index (χ0n) is 15.5. The van der Waals surface area contributed by atoms with Crippen LogP contribution in [-0.2, 0) is 17.8 Å². The summed E-state index contributed by atoms with van der Waals surface area (Å²) >= 11 is 5.83. The fourth-order valence-electron chi connectivity index (χ4n) is 2.57. The minimum Gasteiger partial charge on any atom is -0.489 e. The fourth-order valence-corrected chi connectivity index (χ4v) is 2.70. The Labute approximate surface area is 174 Å². The maximum Gasteiger partial charge on any atom is 0.244 e. The van der Waals surface area contributed by atoms with Gasteiger partial charge in [-0.05, 0) is 53.6 Å². The average Bonchev–Trinajstić information content (AvgIpc) is 2.75. The van der Waals surface area contributed by atoms with E-state index >= 15 is 0 Å². The van der Waals surface area contributed by atoms with Gasteiger partial charge in [0.25, 0.3) is 0 Å². The predicted molar refractivity (Wildman–Crippen MR) is 113 cm³/mol. The largest absolute Gasteiger partial charge is 0.489 e. The molecule has 1 N–H and O–H groups in total. The zero-order valence-corrected chi connectivity index (χ0v) is 16.3. The van der Waals surface area contributed by atoms with Crippen LogP contribution in [0.4, 0.5) is 0 Å². The highest BCUT2D eigenvalue weighted by atomic mass is 35.5. The number of nitrogens with zero attached hydrogens (tertiary/aromatic N) is 2. The Hall–Kier alpha value is -3.62. The van der Waals surface area contributed by atoms with Gasteiger partial charge >= 0.3 is 0 Å². The van der Waals surface area contributed by atoms with Gasteiger partial charge in [-0.25, -0.2) is 5.43 Å². The second-order valence-corrected chi connectivity index (χ2v) is 6.66. The van der Waals surface area contributed by atoms with Gasteiger partial charge in [-0.1, -0.05) is 41.9 Å². The minimum absolute atomic E-state index is 0.209. The molecule has 0 aromatic heterocycles. The number of hydrogen-bond donors (Lipinski definition) is 1. The maximum atomic E-state index is 11.9. The monoisotopic (exact) mass is 403 g/mol. The summed E-state index contributed by atoms with van der Waals surface area (Å²) in [5.74, 6) is 0.473. The molecule has 0 saturated carbocycles. The number of ether oxygens (including phenoxy) is 1. The number of hydrazone groups is 1. The summed E-state index contributed by atoms with van der Waals surface area (Å²) in [6.45, 7) is 0.317. The van der Waals surface area contributed by atoms with Crippen LogP contribution in [0.2, 0.25) is 5.02 Å². The van der Waals surface area contributed by atoms with E-state index in [2.05, 4.69) is 16.6 Å². The Morgan fingerprint density at radius 1 is 1.07 bits per heavy atom. The van der Waals surface area contributed by atoms with E-state index in [4.69, 9.17) is 21.6 Å². The number of carbonyl (C=O) groups excluding carboxylic acids is 1. The molecule has 0 aliphatic rings. The molecule has 0 aliphatic heterocycles. The Bertz CT molecular complexity index is 1040. The molecule has 0 bridgehead atoms. The van der Waals surface area contributed by atoms with Crippen molar-refractivity contribution in [1.29, 1.82) is 5.26 Å². The Kier molecular flexibility index (Phi) is 6.99. The van der Waals surface area contributed by atoms with E-state index in [1.165, 1.54) is 0 Å². The van der Waals surface area contributed by atoms with Crippen LogP contribution < -0.4 is 10.2 Å². The summed E-state index contributed by atoms with van der Waals surface area (Å²) < 4.78 is 5.73. The Morgan fingerprint density at radius 3 is 2.52 bits per heavy atom. The molecule has 0 radical (unpaired) electrons. The summed E-state index contributed by atoms with van der Waals surface area (Å²) in [5, 5.41) is 13.7. The highest BCUT2D eigenvalue weighted by Gasteiger charge is 2.03. The lowest BCUT2D eigenvalue weighted by Crippen LogP contribution is -2.19. The normalized spacial score (nSPS) is 10.5. The van der Waals surface area contributed by atoms with Crippen molar-refractivity contribution in [3.05, 3.63) is 100 Å². The van der Waals surface area contributed by atoms with Crippen LogP contribution in [0, 0.1) is 11.3 Å². The van der Waals surface area contributed by atoms with Crippen LogP contribution in [0.5, 0.6) is 5.75 Å². The fraction of sp³-hybridized carbons (Fsp3) is 0.0870. The van der Waals surface area contributed by atoms with E-state index in [0.717, 1.165) is 16.7 Å². The molecule has 144 valence electrons. The first kappa shape index (κ1) is 20.1. The molecule has 1 amide bonds. The van der Waals surface area contributed by atoms with Crippen molar-refractivity contribution in [2.24, 2.45) is 5.10 Å². The SMILES string of the molecule is N#Cc1ccccc1COc1ccc(/C=N/NC(=O)Cc2ccc(Cl)cc2)cc1. The molecule has 29 heavy (non-hydrogen) atoms. The standard InChI is InChI=1S/C23H18ClN3O2/c24-21-9-5-17(6-10-21)13-23(28)27-26-15-18-7-11-22(12-8-18)29-16-20-4-2-1-3-19(20)14-25/h1-12,15H,13,16H2,(H,27,28)/b26-15+. The van der Waals surface area contributed by atoms with Crippen molar-refractivity contribution in [2.45, 2.75) is 13.0 Å². The number of amides is 1. The summed E-state index contributed by atoms with van der Waals surface area (Å²) in [6, 6.07) is 23.9. The average molecular weight is 404 g/mol. The lowest BCUT2D eigenvalue weighted by molar-refractivity contribution is -0.120. The first-order chi connectivity index (χ1) is 14.1. The van der Waals surface area contributed by atoms with E-state index < -0.39 is 0 Å². The van der Waals surface area contributed by atoms with Crippen LogP contribution in [-0.4, -0.2) is 12.1 Å². The van der Waals surface area contributed by atoms with Gasteiger partial charge < -0.3 is 4.74 Å². The summed E-state index contributed by atoms with van der Waals surface area (Å²) in [7, 11) is 0. The number of nitriles is 1. The van der Waals surface area contributed by atoms with E-state index in [1.54, 1.807) is 36.5 Å². The Morgan fingerprint density at radius 2 is 1.79 bits per heavy atom. The number of rotatable bonds is 7. The van der Waals surface area contributed by atoms with Crippen LogP contribution >= 0.6 is 11.6 Å². The molecular weight excluding hydrogens is 386 g/mol. The number of carbonyl (C=O) groups is 1. The van der Waals surface area contributed by atoms with Gasteiger partial charge in [-0.2, -0.15) is 10.4 Å².